The number of hydrogen-bond donors (Lipinski definition) is 1. The lowest BCUT2D eigenvalue weighted by atomic mass is 10.1. The molecule has 0 aliphatic rings. The van der Waals surface area contributed by atoms with Crippen molar-refractivity contribution in [2.75, 3.05) is 5.32 Å². The maximum atomic E-state index is 11.3. The van der Waals surface area contributed by atoms with E-state index >= 15 is 0 Å². The van der Waals surface area contributed by atoms with Crippen molar-refractivity contribution in [2.45, 2.75) is 46.6 Å². The highest BCUT2D eigenvalue weighted by atomic mass is 16.1. The van der Waals surface area contributed by atoms with Gasteiger partial charge in [0.05, 0.1) is 11.2 Å². The molecule has 0 bridgehead atoms. The third-order valence-corrected chi connectivity index (χ3v) is 2.06. The Labute approximate surface area is 90.7 Å². The third kappa shape index (κ3) is 2.81. The van der Waals surface area contributed by atoms with Crippen LogP contribution in [0, 0.1) is 6.92 Å². The summed E-state index contributed by atoms with van der Waals surface area (Å²) < 4.78 is 1.84. The zero-order valence-electron chi connectivity index (χ0n) is 10.1. The Bertz CT molecular complexity index is 360. The highest BCUT2D eigenvalue weighted by Crippen LogP contribution is 2.21. The van der Waals surface area contributed by atoms with E-state index in [-0.39, 0.29) is 11.4 Å². The second-order valence-corrected chi connectivity index (χ2v) is 4.66. The second-order valence-electron chi connectivity index (χ2n) is 4.66. The van der Waals surface area contributed by atoms with Crippen molar-refractivity contribution < 1.29 is 4.79 Å². The molecule has 1 rings (SSSR count). The van der Waals surface area contributed by atoms with E-state index in [4.69, 9.17) is 0 Å². The van der Waals surface area contributed by atoms with Gasteiger partial charge in [0.2, 0.25) is 5.91 Å². The minimum Gasteiger partial charge on any atom is -0.311 e. The predicted molar refractivity (Wildman–Crippen MR) is 60.9 cm³/mol. The van der Waals surface area contributed by atoms with Gasteiger partial charge in [0, 0.05) is 12.5 Å². The molecule has 0 aliphatic heterocycles. The fourth-order valence-corrected chi connectivity index (χ4v) is 1.33. The van der Waals surface area contributed by atoms with Crippen LogP contribution < -0.4 is 5.32 Å². The van der Waals surface area contributed by atoms with Crippen molar-refractivity contribution in [2.24, 2.45) is 0 Å². The predicted octanol–water partition coefficient (Wildman–Crippen LogP) is 2.30. The number of carbonyl (C=O) groups excluding carboxylic acids is 1. The number of hydrogen-bond acceptors (Lipinski definition) is 2. The van der Waals surface area contributed by atoms with E-state index in [1.807, 2.05) is 24.6 Å². The maximum absolute atomic E-state index is 11.3. The number of aryl methyl sites for hydroxylation is 1. The smallest absolute Gasteiger partial charge is 0.225 e. The Morgan fingerprint density at radius 3 is 2.60 bits per heavy atom. The van der Waals surface area contributed by atoms with E-state index in [2.05, 4.69) is 31.2 Å². The molecule has 1 amide bonds. The molecule has 4 heteroatoms. The lowest BCUT2D eigenvalue weighted by Gasteiger charge is -2.22. The van der Waals surface area contributed by atoms with Gasteiger partial charge in [-0.2, -0.15) is 5.10 Å². The number of nitrogens with one attached hydrogen (secondary N) is 1. The van der Waals surface area contributed by atoms with Crippen LogP contribution in [0.2, 0.25) is 0 Å². The molecule has 0 aromatic carbocycles. The molecule has 0 saturated carbocycles. The highest BCUT2D eigenvalue weighted by Gasteiger charge is 2.19. The van der Waals surface area contributed by atoms with Crippen LogP contribution in [0.25, 0.3) is 0 Å². The SMILES string of the molecule is CCC(=O)Nc1cc(C)nn1C(C)(C)C. The number of amides is 1. The van der Waals surface area contributed by atoms with Crippen LogP contribution in [0.3, 0.4) is 0 Å². The Morgan fingerprint density at radius 2 is 2.13 bits per heavy atom. The molecule has 0 spiro atoms. The van der Waals surface area contributed by atoms with Crippen molar-refractivity contribution in [1.29, 1.82) is 0 Å². The lowest BCUT2D eigenvalue weighted by molar-refractivity contribution is -0.115. The monoisotopic (exact) mass is 209 g/mol. The summed E-state index contributed by atoms with van der Waals surface area (Å²) in [6.07, 6.45) is 0.481. The normalized spacial score (nSPS) is 11.5. The second kappa shape index (κ2) is 4.04. The van der Waals surface area contributed by atoms with Gasteiger partial charge in [-0.15, -0.1) is 0 Å². The van der Waals surface area contributed by atoms with E-state index in [0.717, 1.165) is 11.5 Å². The molecule has 0 unspecified atom stereocenters. The average Bonchev–Trinajstić information content (AvgIpc) is 2.45. The van der Waals surface area contributed by atoms with Gasteiger partial charge >= 0.3 is 0 Å². The molecule has 0 atom stereocenters. The molecular formula is C11H19N3O. The topological polar surface area (TPSA) is 46.9 Å². The van der Waals surface area contributed by atoms with E-state index < -0.39 is 0 Å². The molecule has 1 heterocycles. The largest absolute Gasteiger partial charge is 0.311 e. The first kappa shape index (κ1) is 11.8. The summed E-state index contributed by atoms with van der Waals surface area (Å²) in [6, 6.07) is 1.89. The van der Waals surface area contributed by atoms with Crippen molar-refractivity contribution in [3.05, 3.63) is 11.8 Å². The van der Waals surface area contributed by atoms with Gasteiger partial charge in [-0.1, -0.05) is 6.92 Å². The third-order valence-electron chi connectivity index (χ3n) is 2.06. The summed E-state index contributed by atoms with van der Waals surface area (Å²) in [4.78, 5) is 11.3. The zero-order valence-corrected chi connectivity index (χ0v) is 10.1. The van der Waals surface area contributed by atoms with Crippen LogP contribution in [0.1, 0.15) is 39.8 Å². The molecule has 1 N–H and O–H groups in total. The molecule has 4 nitrogen and oxygen atoms in total. The summed E-state index contributed by atoms with van der Waals surface area (Å²) >= 11 is 0. The van der Waals surface area contributed by atoms with Crippen molar-refractivity contribution in [3.8, 4) is 0 Å². The Morgan fingerprint density at radius 1 is 1.53 bits per heavy atom. The number of nitrogens with zero attached hydrogens (tertiary/aromatic N) is 2. The first-order valence-electron chi connectivity index (χ1n) is 5.21. The first-order valence-corrected chi connectivity index (χ1v) is 5.21. The highest BCUT2D eigenvalue weighted by molar-refractivity contribution is 5.89. The lowest BCUT2D eigenvalue weighted by Crippen LogP contribution is -2.26. The van der Waals surface area contributed by atoms with E-state index in [1.54, 1.807) is 0 Å². The van der Waals surface area contributed by atoms with Gasteiger partial charge in [-0.05, 0) is 27.7 Å². The van der Waals surface area contributed by atoms with Crippen LogP contribution in [-0.2, 0) is 10.3 Å². The van der Waals surface area contributed by atoms with Crippen LogP contribution in [0.5, 0.6) is 0 Å². The summed E-state index contributed by atoms with van der Waals surface area (Å²) in [5.74, 6) is 0.784. The number of anilines is 1. The maximum Gasteiger partial charge on any atom is 0.225 e. The van der Waals surface area contributed by atoms with Crippen molar-refractivity contribution in [3.63, 3.8) is 0 Å². The van der Waals surface area contributed by atoms with Gasteiger partial charge in [0.25, 0.3) is 0 Å². The van der Waals surface area contributed by atoms with E-state index in [9.17, 15) is 4.79 Å². The van der Waals surface area contributed by atoms with Gasteiger partial charge in [0.1, 0.15) is 5.82 Å². The quantitative estimate of drug-likeness (QED) is 0.812. The van der Waals surface area contributed by atoms with Crippen molar-refractivity contribution in [1.82, 2.24) is 9.78 Å². The average molecular weight is 209 g/mol. The molecule has 15 heavy (non-hydrogen) atoms. The van der Waals surface area contributed by atoms with Crippen LogP contribution in [-0.4, -0.2) is 15.7 Å². The zero-order chi connectivity index (χ0) is 11.6. The number of carbonyl (C=O) groups is 1. The Hall–Kier alpha value is -1.32. The minimum atomic E-state index is -0.120. The van der Waals surface area contributed by atoms with Gasteiger partial charge in [0.15, 0.2) is 0 Å². The molecular weight excluding hydrogens is 190 g/mol. The fraction of sp³-hybridized carbons (Fsp3) is 0.636. The molecule has 0 radical (unpaired) electrons. The van der Waals surface area contributed by atoms with Gasteiger partial charge < -0.3 is 5.32 Å². The molecule has 1 aromatic heterocycles. The summed E-state index contributed by atoms with van der Waals surface area (Å²) in [5.41, 5.74) is 0.793. The molecule has 0 saturated heterocycles. The van der Waals surface area contributed by atoms with Gasteiger partial charge in [-0.3, -0.25) is 4.79 Å². The van der Waals surface area contributed by atoms with Crippen LogP contribution in [0.15, 0.2) is 6.07 Å². The van der Waals surface area contributed by atoms with Gasteiger partial charge in [-0.25, -0.2) is 4.68 Å². The van der Waals surface area contributed by atoms with E-state index in [0.29, 0.717) is 6.42 Å². The molecule has 1 aromatic rings. The standard InChI is InChI=1S/C11H19N3O/c1-6-10(15)12-9-7-8(2)13-14(9)11(3,4)5/h7H,6H2,1-5H3,(H,12,15). The number of aromatic nitrogens is 2. The summed E-state index contributed by atoms with van der Waals surface area (Å²) in [7, 11) is 0. The minimum absolute atomic E-state index is 0.0143. The Balaban J connectivity index is 3.02. The molecule has 84 valence electrons. The first-order chi connectivity index (χ1) is 6.84. The molecule has 0 aliphatic carbocycles. The van der Waals surface area contributed by atoms with Crippen molar-refractivity contribution >= 4 is 11.7 Å². The summed E-state index contributed by atoms with van der Waals surface area (Å²) in [5, 5.41) is 7.22. The van der Waals surface area contributed by atoms with Crippen LogP contribution >= 0.6 is 0 Å². The summed E-state index contributed by atoms with van der Waals surface area (Å²) in [6.45, 7) is 9.92. The van der Waals surface area contributed by atoms with Crippen LogP contribution in [0.4, 0.5) is 5.82 Å². The Kier molecular flexibility index (Phi) is 3.17. The number of rotatable bonds is 2. The fourth-order valence-electron chi connectivity index (χ4n) is 1.33. The van der Waals surface area contributed by atoms with E-state index in [1.165, 1.54) is 0 Å². The molecule has 0 fully saturated rings.